The second-order valence-electron chi connectivity index (χ2n) is 9.10. The predicted molar refractivity (Wildman–Crippen MR) is 125 cm³/mol. The van der Waals surface area contributed by atoms with Crippen LogP contribution in [-0.4, -0.2) is 23.8 Å². The van der Waals surface area contributed by atoms with E-state index in [0.29, 0.717) is 6.42 Å². The highest BCUT2D eigenvalue weighted by atomic mass is 16.6. The summed E-state index contributed by atoms with van der Waals surface area (Å²) in [4.78, 5) is 40.5. The van der Waals surface area contributed by atoms with Gasteiger partial charge >= 0.3 is 0 Å². The summed E-state index contributed by atoms with van der Waals surface area (Å²) in [5, 5.41) is 11.9. The molecule has 7 heteroatoms. The van der Waals surface area contributed by atoms with Crippen molar-refractivity contribution < 1.29 is 19.2 Å². The molecule has 2 amide bonds. The Morgan fingerprint density at radius 3 is 2.15 bits per heavy atom. The molecule has 4 aliphatic rings. The molecular formula is C27H22N2O5. The smallest absolute Gasteiger partial charge is 0.297 e. The maximum atomic E-state index is 14.1. The van der Waals surface area contributed by atoms with Crippen LogP contribution in [0.1, 0.15) is 41.5 Å². The van der Waals surface area contributed by atoms with Crippen molar-refractivity contribution in [3.8, 4) is 5.75 Å². The van der Waals surface area contributed by atoms with Gasteiger partial charge in [0.05, 0.1) is 29.9 Å². The molecule has 7 rings (SSSR count). The number of amides is 2. The van der Waals surface area contributed by atoms with Crippen LogP contribution in [0.5, 0.6) is 5.75 Å². The van der Waals surface area contributed by atoms with Gasteiger partial charge < -0.3 is 4.74 Å². The van der Waals surface area contributed by atoms with Crippen molar-refractivity contribution in [3.63, 3.8) is 0 Å². The Morgan fingerprint density at radius 1 is 0.971 bits per heavy atom. The Morgan fingerprint density at radius 2 is 1.59 bits per heavy atom. The van der Waals surface area contributed by atoms with E-state index in [-0.39, 0.29) is 34.9 Å². The lowest BCUT2D eigenvalue weighted by Crippen LogP contribution is -2.53. The van der Waals surface area contributed by atoms with Crippen molar-refractivity contribution in [1.82, 2.24) is 0 Å². The second-order valence-corrected chi connectivity index (χ2v) is 9.10. The molecule has 0 N–H and O–H groups in total. The van der Waals surface area contributed by atoms with Gasteiger partial charge in [-0.15, -0.1) is 0 Å². The fraction of sp³-hybridized carbons (Fsp3) is 0.259. The Kier molecular flexibility index (Phi) is 4.24. The molecule has 0 saturated carbocycles. The Labute approximate surface area is 196 Å². The number of anilines is 1. The molecule has 0 unspecified atom stereocenters. The van der Waals surface area contributed by atoms with Crippen LogP contribution < -0.4 is 9.64 Å². The lowest BCUT2D eigenvalue weighted by Gasteiger charge is -2.54. The van der Waals surface area contributed by atoms with Crippen LogP contribution in [0, 0.1) is 22.0 Å². The molecule has 1 saturated heterocycles. The van der Waals surface area contributed by atoms with E-state index >= 15 is 0 Å². The fourth-order valence-electron chi connectivity index (χ4n) is 6.73. The largest absolute Gasteiger partial charge is 0.496 e. The highest BCUT2D eigenvalue weighted by Crippen LogP contribution is 2.65. The van der Waals surface area contributed by atoms with E-state index in [1.54, 1.807) is 6.07 Å². The summed E-state index contributed by atoms with van der Waals surface area (Å²) in [5.74, 6) is -1.98. The average molecular weight is 454 g/mol. The number of ether oxygens (including phenoxy) is 1. The van der Waals surface area contributed by atoms with Gasteiger partial charge in [0.1, 0.15) is 11.4 Å². The predicted octanol–water partition coefficient (Wildman–Crippen LogP) is 4.56. The van der Waals surface area contributed by atoms with E-state index in [1.807, 2.05) is 43.3 Å². The second kappa shape index (κ2) is 7.00. The molecule has 2 bridgehead atoms. The zero-order valence-corrected chi connectivity index (χ0v) is 18.7. The number of nitro groups is 1. The van der Waals surface area contributed by atoms with E-state index in [4.69, 9.17) is 4.74 Å². The summed E-state index contributed by atoms with van der Waals surface area (Å²) in [7, 11) is 1.41. The topological polar surface area (TPSA) is 89.8 Å². The van der Waals surface area contributed by atoms with Crippen LogP contribution in [0.3, 0.4) is 0 Å². The van der Waals surface area contributed by atoms with Crippen LogP contribution >= 0.6 is 0 Å². The molecule has 7 nitrogen and oxygen atoms in total. The molecule has 170 valence electrons. The Balaban J connectivity index is 1.61. The van der Waals surface area contributed by atoms with E-state index in [2.05, 4.69) is 12.1 Å². The third-order valence-corrected chi connectivity index (χ3v) is 7.97. The number of nitrogens with zero attached hydrogens (tertiary/aromatic N) is 2. The molecule has 0 aromatic heterocycles. The summed E-state index contributed by atoms with van der Waals surface area (Å²) >= 11 is 0. The number of imide groups is 1. The highest BCUT2D eigenvalue weighted by molar-refractivity contribution is 6.24. The maximum Gasteiger partial charge on any atom is 0.297 e. The SMILES string of the molecule is CCC12c3ccccc3C(c3ccccc31)[C@@H]1C(=O)N(c3ccc(OC)cc3[N+](=O)[O-])C(=O)[C@@H]12. The normalized spacial score (nSPS) is 26.2. The number of nitro benzene ring substituents is 1. The minimum atomic E-state index is -0.671. The van der Waals surface area contributed by atoms with Crippen molar-refractivity contribution in [2.24, 2.45) is 11.8 Å². The highest BCUT2D eigenvalue weighted by Gasteiger charge is 2.67. The summed E-state index contributed by atoms with van der Waals surface area (Å²) in [6.07, 6.45) is 0.631. The number of hydrogen-bond donors (Lipinski definition) is 0. The number of carbonyl (C=O) groups is 2. The summed E-state index contributed by atoms with van der Waals surface area (Å²) in [6.45, 7) is 2.05. The van der Waals surface area contributed by atoms with Gasteiger partial charge in [0, 0.05) is 11.3 Å². The van der Waals surface area contributed by atoms with Gasteiger partial charge in [-0.1, -0.05) is 55.5 Å². The van der Waals surface area contributed by atoms with E-state index < -0.39 is 22.2 Å². The first-order chi connectivity index (χ1) is 16.5. The van der Waals surface area contributed by atoms with Crippen LogP contribution in [-0.2, 0) is 15.0 Å². The lowest BCUT2D eigenvalue weighted by atomic mass is 9.46. The average Bonchev–Trinajstić information content (AvgIpc) is 3.14. The van der Waals surface area contributed by atoms with Gasteiger partial charge in [-0.3, -0.25) is 19.7 Å². The number of rotatable bonds is 4. The molecule has 3 aliphatic carbocycles. The molecule has 3 aromatic rings. The number of benzene rings is 3. The van der Waals surface area contributed by atoms with Crippen molar-refractivity contribution in [2.45, 2.75) is 24.7 Å². The third-order valence-electron chi connectivity index (χ3n) is 7.97. The monoisotopic (exact) mass is 454 g/mol. The standard InChI is InChI=1S/C27H22N2O5/c1-3-27-18-10-6-4-8-16(18)22(17-9-5-7-11-19(17)27)23-24(27)26(31)28(25(23)30)20-13-12-15(34-2)14-21(20)29(32)33/h4-14,22-24H,3H2,1-2H3/t22?,23-,24+,27?/m0/s1. The fourth-order valence-corrected chi connectivity index (χ4v) is 6.73. The molecule has 1 heterocycles. The van der Waals surface area contributed by atoms with Gasteiger partial charge in [0.15, 0.2) is 0 Å². The molecule has 0 radical (unpaired) electrons. The van der Waals surface area contributed by atoms with E-state index in [0.717, 1.165) is 27.2 Å². The van der Waals surface area contributed by atoms with Crippen LogP contribution in [0.2, 0.25) is 0 Å². The van der Waals surface area contributed by atoms with Gasteiger partial charge in [-0.25, -0.2) is 4.90 Å². The molecule has 0 spiro atoms. The number of hydrogen-bond acceptors (Lipinski definition) is 5. The molecule has 34 heavy (non-hydrogen) atoms. The first-order valence-electron chi connectivity index (χ1n) is 11.3. The van der Waals surface area contributed by atoms with Crippen molar-refractivity contribution in [1.29, 1.82) is 0 Å². The van der Waals surface area contributed by atoms with Crippen LogP contribution in [0.4, 0.5) is 11.4 Å². The molecule has 3 aromatic carbocycles. The Bertz CT molecular complexity index is 1350. The molecule has 1 fully saturated rings. The molecule has 1 aliphatic heterocycles. The lowest BCUT2D eigenvalue weighted by molar-refractivity contribution is -0.384. The first kappa shape index (κ1) is 20.6. The number of carbonyl (C=O) groups excluding carboxylic acids is 2. The minimum absolute atomic E-state index is 0.00559. The molecular weight excluding hydrogens is 432 g/mol. The van der Waals surface area contributed by atoms with Crippen molar-refractivity contribution in [2.75, 3.05) is 12.0 Å². The van der Waals surface area contributed by atoms with Gasteiger partial charge in [0.2, 0.25) is 11.8 Å². The van der Waals surface area contributed by atoms with Crippen molar-refractivity contribution >= 4 is 23.2 Å². The van der Waals surface area contributed by atoms with Crippen LogP contribution in [0.25, 0.3) is 0 Å². The van der Waals surface area contributed by atoms with Crippen LogP contribution in [0.15, 0.2) is 66.7 Å². The van der Waals surface area contributed by atoms with Crippen molar-refractivity contribution in [3.05, 3.63) is 99.1 Å². The first-order valence-corrected chi connectivity index (χ1v) is 11.3. The van der Waals surface area contributed by atoms with Gasteiger partial charge in [-0.2, -0.15) is 0 Å². The third kappa shape index (κ3) is 2.31. The zero-order valence-electron chi connectivity index (χ0n) is 18.7. The number of methoxy groups -OCH3 is 1. The Hall–Kier alpha value is -4.00. The summed E-state index contributed by atoms with van der Waals surface area (Å²) < 4.78 is 5.14. The maximum absolute atomic E-state index is 14.1. The van der Waals surface area contributed by atoms with E-state index in [1.165, 1.54) is 19.2 Å². The summed E-state index contributed by atoms with van der Waals surface area (Å²) in [6, 6.07) is 20.3. The van der Waals surface area contributed by atoms with E-state index in [9.17, 15) is 19.7 Å². The summed E-state index contributed by atoms with van der Waals surface area (Å²) in [5.41, 5.74) is 3.29. The zero-order chi connectivity index (χ0) is 23.8. The molecule has 2 atom stereocenters. The van der Waals surface area contributed by atoms with Gasteiger partial charge in [0.25, 0.3) is 5.69 Å². The quantitative estimate of drug-likeness (QED) is 0.327. The minimum Gasteiger partial charge on any atom is -0.496 e. The van der Waals surface area contributed by atoms with Gasteiger partial charge in [-0.05, 0) is 40.8 Å².